The second-order valence-corrected chi connectivity index (χ2v) is 6.40. The number of pyridine rings is 1. The average Bonchev–Trinajstić information content (AvgIpc) is 2.48. The van der Waals surface area contributed by atoms with Crippen molar-refractivity contribution in [1.29, 1.82) is 0 Å². The molecule has 1 aromatic heterocycles. The Morgan fingerprint density at radius 1 is 1.27 bits per heavy atom. The van der Waals surface area contributed by atoms with Gasteiger partial charge in [0.15, 0.2) is 9.84 Å². The average molecular weight is 322 g/mol. The minimum atomic E-state index is -3.57. The first-order valence-corrected chi connectivity index (χ1v) is 8.13. The van der Waals surface area contributed by atoms with E-state index in [0.29, 0.717) is 0 Å². The number of nitro groups is 1. The lowest BCUT2D eigenvalue weighted by atomic mass is 10.3. The van der Waals surface area contributed by atoms with E-state index in [4.69, 9.17) is 4.74 Å². The van der Waals surface area contributed by atoms with E-state index < -0.39 is 14.8 Å². The van der Waals surface area contributed by atoms with Crippen molar-refractivity contribution in [3.8, 4) is 5.75 Å². The van der Waals surface area contributed by atoms with Crippen LogP contribution in [-0.2, 0) is 15.6 Å². The van der Waals surface area contributed by atoms with E-state index in [1.807, 2.05) is 0 Å². The lowest BCUT2D eigenvalue weighted by Crippen LogP contribution is -2.07. The molecule has 0 aliphatic rings. The molecule has 0 aliphatic heterocycles. The largest absolute Gasteiger partial charge is 0.487 e. The predicted molar refractivity (Wildman–Crippen MR) is 79.4 cm³/mol. The van der Waals surface area contributed by atoms with E-state index in [1.54, 1.807) is 25.1 Å². The minimum absolute atomic E-state index is 0.0146. The van der Waals surface area contributed by atoms with Crippen molar-refractivity contribution in [1.82, 2.24) is 4.98 Å². The Hall–Kier alpha value is -2.48. The molecule has 0 fully saturated rings. The van der Waals surface area contributed by atoms with Crippen molar-refractivity contribution < 1.29 is 18.1 Å². The first-order chi connectivity index (χ1) is 10.4. The summed E-state index contributed by atoms with van der Waals surface area (Å²) in [5.41, 5.74) is -0.0967. The number of rotatable bonds is 6. The fourth-order valence-corrected chi connectivity index (χ4v) is 3.15. The molecule has 0 aliphatic carbocycles. The Morgan fingerprint density at radius 3 is 2.55 bits per heavy atom. The lowest BCUT2D eigenvalue weighted by molar-refractivity contribution is -0.386. The maximum absolute atomic E-state index is 12.3. The number of aromatic nitrogens is 1. The highest BCUT2D eigenvalue weighted by Crippen LogP contribution is 2.27. The molecule has 2 rings (SSSR count). The molecule has 0 atom stereocenters. The number of sulfone groups is 1. The van der Waals surface area contributed by atoms with Gasteiger partial charge in [-0.3, -0.25) is 15.1 Å². The smallest absolute Gasteiger partial charge is 0.329 e. The summed E-state index contributed by atoms with van der Waals surface area (Å²) in [7, 11) is -3.57. The topological polar surface area (TPSA) is 99.4 Å². The zero-order valence-electron chi connectivity index (χ0n) is 11.8. The number of benzene rings is 1. The van der Waals surface area contributed by atoms with Crippen LogP contribution in [0.25, 0.3) is 0 Å². The number of hydrogen-bond donors (Lipinski definition) is 0. The standard InChI is InChI=1S/C14H14N2O5S/c1-2-21-14-8-11(15-9-13(14)16(17)18)10-22(19,20)12-6-4-3-5-7-12/h3-9H,2,10H2,1H3. The third-order valence-electron chi connectivity index (χ3n) is 2.84. The molecule has 0 saturated heterocycles. The van der Waals surface area contributed by atoms with Crippen molar-refractivity contribution in [3.05, 3.63) is 58.4 Å². The summed E-state index contributed by atoms with van der Waals surface area (Å²) in [5, 5.41) is 10.9. The van der Waals surface area contributed by atoms with Crippen molar-refractivity contribution in [3.63, 3.8) is 0 Å². The molecule has 0 radical (unpaired) electrons. The first kappa shape index (κ1) is 15.9. The highest BCUT2D eigenvalue weighted by atomic mass is 32.2. The zero-order chi connectivity index (χ0) is 16.2. The summed E-state index contributed by atoms with van der Waals surface area (Å²) < 4.78 is 29.7. The highest BCUT2D eigenvalue weighted by molar-refractivity contribution is 7.90. The van der Waals surface area contributed by atoms with Gasteiger partial charge >= 0.3 is 5.69 Å². The summed E-state index contributed by atoms with van der Waals surface area (Å²) in [6, 6.07) is 9.25. The van der Waals surface area contributed by atoms with E-state index in [2.05, 4.69) is 4.98 Å². The normalized spacial score (nSPS) is 11.1. The van der Waals surface area contributed by atoms with Crippen molar-refractivity contribution >= 4 is 15.5 Å². The molecular weight excluding hydrogens is 308 g/mol. The van der Waals surface area contributed by atoms with Crippen LogP contribution < -0.4 is 4.74 Å². The quantitative estimate of drug-likeness (QED) is 0.598. The van der Waals surface area contributed by atoms with Crippen LogP contribution in [0.4, 0.5) is 5.69 Å². The van der Waals surface area contributed by atoms with E-state index >= 15 is 0 Å². The van der Waals surface area contributed by atoms with Gasteiger partial charge in [0.05, 0.1) is 27.9 Å². The van der Waals surface area contributed by atoms with Gasteiger partial charge in [0.1, 0.15) is 6.20 Å². The third kappa shape index (κ3) is 3.59. The zero-order valence-corrected chi connectivity index (χ0v) is 12.6. The molecule has 22 heavy (non-hydrogen) atoms. The Bertz CT molecular complexity index is 775. The van der Waals surface area contributed by atoms with Crippen LogP contribution in [0.15, 0.2) is 47.5 Å². The SMILES string of the molecule is CCOc1cc(CS(=O)(=O)c2ccccc2)ncc1[N+](=O)[O-]. The maximum Gasteiger partial charge on any atom is 0.329 e. The predicted octanol–water partition coefficient (Wildman–Crippen LogP) is 2.36. The fourth-order valence-electron chi connectivity index (χ4n) is 1.86. The maximum atomic E-state index is 12.3. The molecule has 0 unspecified atom stereocenters. The second-order valence-electron chi connectivity index (χ2n) is 4.41. The molecule has 1 heterocycles. The van der Waals surface area contributed by atoms with E-state index in [0.717, 1.165) is 6.20 Å². The Morgan fingerprint density at radius 2 is 1.95 bits per heavy atom. The number of ether oxygens (including phenoxy) is 1. The minimum Gasteiger partial charge on any atom is -0.487 e. The van der Waals surface area contributed by atoms with Gasteiger partial charge < -0.3 is 4.74 Å². The highest BCUT2D eigenvalue weighted by Gasteiger charge is 2.20. The molecule has 0 bridgehead atoms. The van der Waals surface area contributed by atoms with Crippen LogP contribution in [-0.4, -0.2) is 24.9 Å². The van der Waals surface area contributed by atoms with Crippen molar-refractivity contribution in [2.24, 2.45) is 0 Å². The molecule has 0 amide bonds. The van der Waals surface area contributed by atoms with Crippen LogP contribution in [0, 0.1) is 10.1 Å². The van der Waals surface area contributed by atoms with Crippen molar-refractivity contribution in [2.45, 2.75) is 17.6 Å². The fraction of sp³-hybridized carbons (Fsp3) is 0.214. The Labute approximate surface area is 127 Å². The monoisotopic (exact) mass is 322 g/mol. The van der Waals surface area contributed by atoms with Gasteiger partial charge in [0.2, 0.25) is 5.75 Å². The number of nitrogens with zero attached hydrogens (tertiary/aromatic N) is 2. The van der Waals surface area contributed by atoms with Crippen LogP contribution in [0.2, 0.25) is 0 Å². The summed E-state index contributed by atoms with van der Waals surface area (Å²) in [6.45, 7) is 1.92. The molecule has 0 N–H and O–H groups in total. The van der Waals surface area contributed by atoms with Gasteiger partial charge in [-0.15, -0.1) is 0 Å². The van der Waals surface area contributed by atoms with E-state index in [9.17, 15) is 18.5 Å². The van der Waals surface area contributed by atoms with E-state index in [-0.39, 0.29) is 34.4 Å². The van der Waals surface area contributed by atoms with Crippen LogP contribution in [0.5, 0.6) is 5.75 Å². The molecular formula is C14H14N2O5S. The molecule has 0 saturated carbocycles. The lowest BCUT2D eigenvalue weighted by Gasteiger charge is -2.07. The number of hydrogen-bond acceptors (Lipinski definition) is 6. The molecule has 1 aromatic carbocycles. The van der Waals surface area contributed by atoms with Gasteiger partial charge in [0, 0.05) is 6.07 Å². The van der Waals surface area contributed by atoms with Gasteiger partial charge in [-0.1, -0.05) is 18.2 Å². The van der Waals surface area contributed by atoms with Gasteiger partial charge in [0.25, 0.3) is 0 Å². The van der Waals surface area contributed by atoms with Crippen molar-refractivity contribution in [2.75, 3.05) is 6.61 Å². The molecule has 2 aromatic rings. The summed E-state index contributed by atoms with van der Waals surface area (Å²) >= 11 is 0. The molecule has 8 heteroatoms. The Kier molecular flexibility index (Phi) is 4.71. The molecule has 116 valence electrons. The van der Waals surface area contributed by atoms with Crippen LogP contribution in [0.1, 0.15) is 12.6 Å². The summed E-state index contributed by atoms with van der Waals surface area (Å²) in [5.74, 6) is -0.338. The second kappa shape index (κ2) is 6.52. The van der Waals surface area contributed by atoms with Crippen LogP contribution >= 0.6 is 0 Å². The van der Waals surface area contributed by atoms with E-state index in [1.165, 1.54) is 18.2 Å². The van der Waals surface area contributed by atoms with Gasteiger partial charge in [-0.05, 0) is 19.1 Å². The molecule has 0 spiro atoms. The molecule has 7 nitrogen and oxygen atoms in total. The van der Waals surface area contributed by atoms with Crippen LogP contribution in [0.3, 0.4) is 0 Å². The summed E-state index contributed by atoms with van der Waals surface area (Å²) in [6.07, 6.45) is 1.01. The summed E-state index contributed by atoms with van der Waals surface area (Å²) in [4.78, 5) is 14.3. The van der Waals surface area contributed by atoms with Gasteiger partial charge in [-0.2, -0.15) is 0 Å². The Balaban J connectivity index is 2.34. The van der Waals surface area contributed by atoms with Gasteiger partial charge in [-0.25, -0.2) is 8.42 Å². The third-order valence-corrected chi connectivity index (χ3v) is 4.51. The first-order valence-electron chi connectivity index (χ1n) is 6.48.